The lowest BCUT2D eigenvalue weighted by atomic mass is 10.0. The van der Waals surface area contributed by atoms with E-state index in [1.165, 1.54) is 11.1 Å². The second-order valence-corrected chi connectivity index (χ2v) is 6.14. The normalized spacial score (nSPS) is 11.4. The second kappa shape index (κ2) is 5.80. The van der Waals surface area contributed by atoms with Gasteiger partial charge in [-0.15, -0.1) is 0 Å². The first-order valence-corrected chi connectivity index (χ1v) is 7.44. The number of nitrogens with two attached hydrogens (primary N) is 1. The number of ether oxygens (including phenoxy) is 1. The van der Waals surface area contributed by atoms with Crippen LogP contribution in [-0.4, -0.2) is 9.78 Å². The Kier molecular flexibility index (Phi) is 4.26. The molecule has 0 saturated carbocycles. The van der Waals surface area contributed by atoms with Crippen molar-refractivity contribution in [3.63, 3.8) is 0 Å². The summed E-state index contributed by atoms with van der Waals surface area (Å²) < 4.78 is 8.02. The molecule has 1 heterocycles. The molecular weight excluding hydrogens is 262 g/mol. The van der Waals surface area contributed by atoms with Crippen LogP contribution in [0.5, 0.6) is 11.6 Å². The van der Waals surface area contributed by atoms with Crippen LogP contribution in [0.25, 0.3) is 0 Å². The molecule has 0 amide bonds. The number of anilines is 1. The standard InChI is InChI=1S/C17H25N3O/c1-10(2)14-8-7-12(5)9-15(14)21-17-16(18)13(6)19-20(17)11(3)4/h7-11H,18H2,1-6H3. The zero-order valence-electron chi connectivity index (χ0n) is 13.8. The van der Waals surface area contributed by atoms with Gasteiger partial charge in [-0.25, -0.2) is 4.68 Å². The van der Waals surface area contributed by atoms with E-state index in [1.807, 2.05) is 11.6 Å². The maximum absolute atomic E-state index is 6.17. The van der Waals surface area contributed by atoms with E-state index in [9.17, 15) is 0 Å². The molecule has 0 bridgehead atoms. The first kappa shape index (κ1) is 15.4. The minimum atomic E-state index is 0.198. The van der Waals surface area contributed by atoms with Crippen molar-refractivity contribution in [3.05, 3.63) is 35.0 Å². The Morgan fingerprint density at radius 2 is 1.81 bits per heavy atom. The predicted molar refractivity (Wildman–Crippen MR) is 87.1 cm³/mol. The van der Waals surface area contributed by atoms with Crippen molar-refractivity contribution in [2.45, 2.75) is 53.5 Å². The molecule has 4 heteroatoms. The van der Waals surface area contributed by atoms with E-state index >= 15 is 0 Å². The Hall–Kier alpha value is -1.97. The van der Waals surface area contributed by atoms with Gasteiger partial charge in [-0.05, 0) is 50.8 Å². The molecule has 0 spiro atoms. The van der Waals surface area contributed by atoms with Crippen molar-refractivity contribution in [1.82, 2.24) is 9.78 Å². The molecule has 0 fully saturated rings. The molecule has 114 valence electrons. The minimum absolute atomic E-state index is 0.198. The Balaban J connectivity index is 2.50. The molecule has 0 radical (unpaired) electrons. The van der Waals surface area contributed by atoms with Gasteiger partial charge in [0.05, 0.1) is 11.7 Å². The number of rotatable bonds is 4. The number of nitrogens with zero attached hydrogens (tertiary/aromatic N) is 2. The van der Waals surface area contributed by atoms with Crippen LogP contribution >= 0.6 is 0 Å². The third kappa shape index (κ3) is 3.04. The fraction of sp³-hybridized carbons (Fsp3) is 0.471. The molecule has 4 nitrogen and oxygen atoms in total. The van der Waals surface area contributed by atoms with Gasteiger partial charge in [0.25, 0.3) is 0 Å². The molecule has 0 aliphatic heterocycles. The van der Waals surface area contributed by atoms with Gasteiger partial charge in [-0.3, -0.25) is 0 Å². The smallest absolute Gasteiger partial charge is 0.241 e. The highest BCUT2D eigenvalue weighted by atomic mass is 16.5. The summed E-state index contributed by atoms with van der Waals surface area (Å²) >= 11 is 0. The Morgan fingerprint density at radius 3 is 2.38 bits per heavy atom. The summed E-state index contributed by atoms with van der Waals surface area (Å²) in [5.74, 6) is 1.88. The molecule has 0 aliphatic rings. The summed E-state index contributed by atoms with van der Waals surface area (Å²) in [4.78, 5) is 0. The molecule has 2 N–H and O–H groups in total. The maximum atomic E-state index is 6.17. The first-order valence-electron chi connectivity index (χ1n) is 7.44. The van der Waals surface area contributed by atoms with Crippen molar-refractivity contribution in [2.24, 2.45) is 0 Å². The van der Waals surface area contributed by atoms with Crippen LogP contribution in [-0.2, 0) is 0 Å². The van der Waals surface area contributed by atoms with Crippen LogP contribution in [0.4, 0.5) is 5.69 Å². The highest BCUT2D eigenvalue weighted by Gasteiger charge is 2.19. The topological polar surface area (TPSA) is 53.1 Å². The Morgan fingerprint density at radius 1 is 1.14 bits per heavy atom. The third-order valence-electron chi connectivity index (χ3n) is 3.57. The van der Waals surface area contributed by atoms with Crippen molar-refractivity contribution < 1.29 is 4.74 Å². The number of benzene rings is 1. The zero-order valence-corrected chi connectivity index (χ0v) is 13.8. The largest absolute Gasteiger partial charge is 0.437 e. The third-order valence-corrected chi connectivity index (χ3v) is 3.57. The summed E-state index contributed by atoms with van der Waals surface area (Å²) in [6.45, 7) is 12.4. The summed E-state index contributed by atoms with van der Waals surface area (Å²) in [6.07, 6.45) is 0. The van der Waals surface area contributed by atoms with Gasteiger partial charge in [0, 0.05) is 0 Å². The lowest BCUT2D eigenvalue weighted by Crippen LogP contribution is -2.06. The summed E-state index contributed by atoms with van der Waals surface area (Å²) in [7, 11) is 0. The van der Waals surface area contributed by atoms with Gasteiger partial charge in [0.2, 0.25) is 5.88 Å². The summed E-state index contributed by atoms with van der Waals surface area (Å²) in [5, 5.41) is 4.47. The van der Waals surface area contributed by atoms with Crippen molar-refractivity contribution in [2.75, 3.05) is 5.73 Å². The minimum Gasteiger partial charge on any atom is -0.437 e. The molecule has 1 aromatic carbocycles. The Labute approximate surface area is 126 Å². The second-order valence-electron chi connectivity index (χ2n) is 6.14. The summed E-state index contributed by atoms with van der Waals surface area (Å²) in [6, 6.07) is 6.48. The molecule has 2 aromatic rings. The highest BCUT2D eigenvalue weighted by Crippen LogP contribution is 2.36. The number of hydrogen-bond acceptors (Lipinski definition) is 3. The van der Waals surface area contributed by atoms with Crippen LogP contribution in [0.15, 0.2) is 18.2 Å². The van der Waals surface area contributed by atoms with E-state index in [2.05, 4.69) is 57.9 Å². The van der Waals surface area contributed by atoms with E-state index < -0.39 is 0 Å². The predicted octanol–water partition coefficient (Wildman–Crippen LogP) is 4.58. The average molecular weight is 287 g/mol. The monoisotopic (exact) mass is 287 g/mol. The number of nitrogen functional groups attached to an aromatic ring is 1. The van der Waals surface area contributed by atoms with Gasteiger partial charge in [-0.1, -0.05) is 26.0 Å². The number of aryl methyl sites for hydroxylation is 2. The lowest BCUT2D eigenvalue weighted by Gasteiger charge is -2.17. The first-order chi connectivity index (χ1) is 9.81. The molecule has 0 saturated heterocycles. The van der Waals surface area contributed by atoms with Crippen molar-refractivity contribution in [3.8, 4) is 11.6 Å². The number of aromatic nitrogens is 2. The van der Waals surface area contributed by atoms with Gasteiger partial charge >= 0.3 is 0 Å². The molecule has 0 aliphatic carbocycles. The molecule has 1 aromatic heterocycles. The molecule has 2 rings (SSSR count). The van der Waals surface area contributed by atoms with Gasteiger partial charge in [0.1, 0.15) is 11.4 Å². The van der Waals surface area contributed by atoms with Crippen LogP contribution in [0.3, 0.4) is 0 Å². The fourth-order valence-electron chi connectivity index (χ4n) is 2.30. The Bertz CT molecular complexity index is 642. The van der Waals surface area contributed by atoms with E-state index in [0.717, 1.165) is 11.4 Å². The molecular formula is C17H25N3O. The fourth-order valence-corrected chi connectivity index (χ4v) is 2.30. The maximum Gasteiger partial charge on any atom is 0.241 e. The quantitative estimate of drug-likeness (QED) is 0.895. The summed E-state index contributed by atoms with van der Waals surface area (Å²) in [5.41, 5.74) is 9.90. The van der Waals surface area contributed by atoms with E-state index in [-0.39, 0.29) is 6.04 Å². The zero-order chi connectivity index (χ0) is 15.7. The SMILES string of the molecule is Cc1ccc(C(C)C)c(Oc2c(N)c(C)nn2C(C)C)c1. The highest BCUT2D eigenvalue weighted by molar-refractivity contribution is 5.55. The van der Waals surface area contributed by atoms with E-state index in [1.54, 1.807) is 0 Å². The van der Waals surface area contributed by atoms with E-state index in [4.69, 9.17) is 10.5 Å². The van der Waals surface area contributed by atoms with Gasteiger partial charge in [0.15, 0.2) is 0 Å². The van der Waals surface area contributed by atoms with Crippen LogP contribution in [0.1, 0.15) is 56.5 Å². The molecule has 0 atom stereocenters. The van der Waals surface area contributed by atoms with Crippen LogP contribution in [0.2, 0.25) is 0 Å². The molecule has 21 heavy (non-hydrogen) atoms. The van der Waals surface area contributed by atoms with Crippen LogP contribution in [0, 0.1) is 13.8 Å². The van der Waals surface area contributed by atoms with Crippen molar-refractivity contribution >= 4 is 5.69 Å². The number of hydrogen-bond donors (Lipinski definition) is 1. The van der Waals surface area contributed by atoms with Gasteiger partial charge < -0.3 is 10.5 Å². The lowest BCUT2D eigenvalue weighted by molar-refractivity contribution is 0.385. The van der Waals surface area contributed by atoms with E-state index in [0.29, 0.717) is 17.5 Å². The average Bonchev–Trinajstić information content (AvgIpc) is 2.67. The van der Waals surface area contributed by atoms with Crippen LogP contribution < -0.4 is 10.5 Å². The molecule has 0 unspecified atom stereocenters. The van der Waals surface area contributed by atoms with Crippen molar-refractivity contribution in [1.29, 1.82) is 0 Å². The van der Waals surface area contributed by atoms with Gasteiger partial charge in [-0.2, -0.15) is 5.10 Å².